The van der Waals surface area contributed by atoms with Gasteiger partial charge in [-0.3, -0.25) is 0 Å². The summed E-state index contributed by atoms with van der Waals surface area (Å²) in [6.45, 7) is 0.234. The summed E-state index contributed by atoms with van der Waals surface area (Å²) in [5.41, 5.74) is -7.82. The highest BCUT2D eigenvalue weighted by Crippen LogP contribution is 2.69. The van der Waals surface area contributed by atoms with Gasteiger partial charge in [0.1, 0.15) is 0 Å². The van der Waals surface area contributed by atoms with Crippen LogP contribution in [0.5, 0.6) is 0 Å². The summed E-state index contributed by atoms with van der Waals surface area (Å²) in [7, 11) is 0. The standard InChI is InChI=1S/C7H6F4O4/c1-4(14)5(8,3(12)13)7(11)2(15-7)6(4,9)10/h2,14H,1H3,(H,12,13)/t2-,4+,5+,7+/m0/s1. The highest BCUT2D eigenvalue weighted by atomic mass is 19.3. The third-order valence-corrected chi connectivity index (χ3v) is 2.98. The minimum atomic E-state index is -4.30. The van der Waals surface area contributed by atoms with E-state index in [2.05, 4.69) is 4.74 Å². The molecule has 8 heteroatoms. The van der Waals surface area contributed by atoms with E-state index in [1.807, 2.05) is 0 Å². The molecule has 1 heterocycles. The monoisotopic (exact) mass is 230 g/mol. The van der Waals surface area contributed by atoms with Crippen molar-refractivity contribution >= 4 is 5.97 Å². The Morgan fingerprint density at radius 3 is 2.00 bits per heavy atom. The predicted octanol–water partition coefficient (Wildman–Crippen LogP) is 0.244. The lowest BCUT2D eigenvalue weighted by Crippen LogP contribution is -2.64. The number of carbonyl (C=O) groups is 1. The molecule has 4 atom stereocenters. The largest absolute Gasteiger partial charge is 0.479 e. The van der Waals surface area contributed by atoms with Crippen LogP contribution in [0.15, 0.2) is 0 Å². The van der Waals surface area contributed by atoms with E-state index in [1.54, 1.807) is 0 Å². The molecular weight excluding hydrogens is 224 g/mol. The van der Waals surface area contributed by atoms with Gasteiger partial charge in [0.25, 0.3) is 5.85 Å². The molecule has 1 saturated carbocycles. The second-order valence-electron chi connectivity index (χ2n) is 3.80. The molecule has 86 valence electrons. The molecule has 1 aliphatic heterocycles. The maximum Gasteiger partial charge on any atom is 0.351 e. The summed E-state index contributed by atoms with van der Waals surface area (Å²) in [5.74, 6) is -10.5. The van der Waals surface area contributed by atoms with Crippen LogP contribution in [-0.4, -0.2) is 45.3 Å². The van der Waals surface area contributed by atoms with Crippen LogP contribution in [0.2, 0.25) is 0 Å². The molecule has 2 rings (SSSR count). The number of aliphatic hydroxyl groups is 1. The zero-order chi connectivity index (χ0) is 11.9. The number of fused-ring (bicyclic) bond motifs is 1. The fourth-order valence-corrected chi connectivity index (χ4v) is 1.88. The number of carboxylic acids is 1. The summed E-state index contributed by atoms with van der Waals surface area (Å²) in [5, 5.41) is 17.6. The zero-order valence-electron chi connectivity index (χ0n) is 7.30. The van der Waals surface area contributed by atoms with E-state index in [-0.39, 0.29) is 6.92 Å². The van der Waals surface area contributed by atoms with Crippen LogP contribution in [-0.2, 0) is 9.53 Å². The summed E-state index contributed by atoms with van der Waals surface area (Å²) in [6, 6.07) is 0. The van der Waals surface area contributed by atoms with Crippen LogP contribution in [0.4, 0.5) is 17.6 Å². The molecule has 0 aromatic carbocycles. The van der Waals surface area contributed by atoms with Gasteiger partial charge in [-0.05, 0) is 6.92 Å². The van der Waals surface area contributed by atoms with E-state index in [0.717, 1.165) is 0 Å². The van der Waals surface area contributed by atoms with Gasteiger partial charge in [-0.1, -0.05) is 0 Å². The first-order chi connectivity index (χ1) is 6.53. The first-order valence-electron chi connectivity index (χ1n) is 3.92. The maximum atomic E-state index is 13.7. The summed E-state index contributed by atoms with van der Waals surface area (Å²) in [4.78, 5) is 10.5. The Morgan fingerprint density at radius 1 is 1.33 bits per heavy atom. The third kappa shape index (κ3) is 0.729. The maximum absolute atomic E-state index is 13.7. The number of hydrogen-bond acceptors (Lipinski definition) is 3. The average Bonchev–Trinajstić information content (AvgIpc) is 2.74. The Bertz CT molecular complexity index is 357. The number of carboxylic acid groups (broad SMARTS) is 1. The molecule has 0 aromatic rings. The highest BCUT2D eigenvalue weighted by Gasteiger charge is 2.98. The number of alkyl halides is 4. The van der Waals surface area contributed by atoms with Crippen molar-refractivity contribution in [2.45, 2.75) is 36.1 Å². The van der Waals surface area contributed by atoms with Gasteiger partial charge in [0.05, 0.1) is 0 Å². The van der Waals surface area contributed by atoms with Crippen molar-refractivity contribution in [3.63, 3.8) is 0 Å². The zero-order valence-corrected chi connectivity index (χ0v) is 7.30. The van der Waals surface area contributed by atoms with E-state index in [4.69, 9.17) is 10.2 Å². The Labute approximate surface area is 80.4 Å². The minimum Gasteiger partial charge on any atom is -0.479 e. The molecule has 0 radical (unpaired) electrons. The van der Waals surface area contributed by atoms with Crippen LogP contribution in [0.1, 0.15) is 6.92 Å². The second kappa shape index (κ2) is 2.12. The van der Waals surface area contributed by atoms with Gasteiger partial charge in [0.15, 0.2) is 11.7 Å². The van der Waals surface area contributed by atoms with Gasteiger partial charge < -0.3 is 14.9 Å². The number of rotatable bonds is 1. The van der Waals surface area contributed by atoms with Crippen LogP contribution in [0.25, 0.3) is 0 Å². The van der Waals surface area contributed by atoms with Crippen molar-refractivity contribution in [2.75, 3.05) is 0 Å². The van der Waals surface area contributed by atoms with E-state index in [1.165, 1.54) is 0 Å². The molecule has 2 fully saturated rings. The van der Waals surface area contributed by atoms with Crippen molar-refractivity contribution in [3.05, 3.63) is 0 Å². The average molecular weight is 230 g/mol. The lowest BCUT2D eigenvalue weighted by molar-refractivity contribution is -0.253. The number of ether oxygens (including phenoxy) is 1. The Kier molecular flexibility index (Phi) is 1.50. The van der Waals surface area contributed by atoms with Crippen LogP contribution in [0, 0.1) is 0 Å². The summed E-state index contributed by atoms with van der Waals surface area (Å²) < 4.78 is 57.1. The Balaban J connectivity index is 2.62. The fraction of sp³-hybridized carbons (Fsp3) is 0.857. The molecule has 15 heavy (non-hydrogen) atoms. The summed E-state index contributed by atoms with van der Waals surface area (Å²) in [6.07, 6.45) is -2.55. The molecule has 0 aromatic heterocycles. The minimum absolute atomic E-state index is 0.234. The van der Waals surface area contributed by atoms with Crippen molar-refractivity contribution in [2.24, 2.45) is 0 Å². The molecule has 4 nitrogen and oxygen atoms in total. The lowest BCUT2D eigenvalue weighted by atomic mass is 9.86. The van der Waals surface area contributed by atoms with Crippen molar-refractivity contribution in [3.8, 4) is 0 Å². The van der Waals surface area contributed by atoms with Gasteiger partial charge in [-0.15, -0.1) is 0 Å². The van der Waals surface area contributed by atoms with Gasteiger partial charge in [0, 0.05) is 0 Å². The number of aliphatic carboxylic acids is 1. The summed E-state index contributed by atoms with van der Waals surface area (Å²) >= 11 is 0. The van der Waals surface area contributed by atoms with Gasteiger partial charge in [0.2, 0.25) is 0 Å². The highest BCUT2D eigenvalue weighted by molar-refractivity contribution is 5.83. The molecular formula is C7H6F4O4. The van der Waals surface area contributed by atoms with Gasteiger partial charge in [-0.25, -0.2) is 22.4 Å². The first kappa shape index (κ1) is 10.6. The second-order valence-corrected chi connectivity index (χ2v) is 3.80. The number of halogens is 4. The molecule has 0 bridgehead atoms. The smallest absolute Gasteiger partial charge is 0.351 e. The molecule has 2 aliphatic rings. The predicted molar refractivity (Wildman–Crippen MR) is 35.8 cm³/mol. The lowest BCUT2D eigenvalue weighted by Gasteiger charge is -2.35. The van der Waals surface area contributed by atoms with Gasteiger partial charge >= 0.3 is 17.6 Å². The van der Waals surface area contributed by atoms with E-state index < -0.39 is 35.1 Å². The van der Waals surface area contributed by atoms with Crippen molar-refractivity contribution in [1.82, 2.24) is 0 Å². The van der Waals surface area contributed by atoms with Crippen molar-refractivity contribution < 1.29 is 37.3 Å². The fourth-order valence-electron chi connectivity index (χ4n) is 1.88. The Hall–Kier alpha value is -0.890. The number of hydrogen-bond donors (Lipinski definition) is 2. The molecule has 2 N–H and O–H groups in total. The molecule has 1 aliphatic carbocycles. The molecule has 0 amide bonds. The normalized spacial score (nSPS) is 56.3. The Morgan fingerprint density at radius 2 is 1.80 bits per heavy atom. The molecule has 1 saturated heterocycles. The van der Waals surface area contributed by atoms with E-state index >= 15 is 0 Å². The first-order valence-corrected chi connectivity index (χ1v) is 3.92. The van der Waals surface area contributed by atoms with Crippen LogP contribution < -0.4 is 0 Å². The third-order valence-electron chi connectivity index (χ3n) is 2.98. The molecule has 0 unspecified atom stereocenters. The van der Waals surface area contributed by atoms with Crippen LogP contribution >= 0.6 is 0 Å². The topological polar surface area (TPSA) is 70.1 Å². The van der Waals surface area contributed by atoms with Crippen LogP contribution in [0.3, 0.4) is 0 Å². The van der Waals surface area contributed by atoms with E-state index in [9.17, 15) is 22.4 Å². The van der Waals surface area contributed by atoms with Crippen molar-refractivity contribution in [1.29, 1.82) is 0 Å². The quantitative estimate of drug-likeness (QED) is 0.500. The molecule has 0 spiro atoms. The van der Waals surface area contributed by atoms with E-state index in [0.29, 0.717) is 0 Å². The SMILES string of the molecule is C[C@]1(O)C(F)(F)[C@@H]2O[C@@]2(F)[C@@]1(F)C(=O)O. The number of epoxide rings is 1. The van der Waals surface area contributed by atoms with Gasteiger partial charge in [-0.2, -0.15) is 0 Å².